The quantitative estimate of drug-likeness (QED) is 0.278. The highest BCUT2D eigenvalue weighted by molar-refractivity contribution is 5.79. The van der Waals surface area contributed by atoms with Gasteiger partial charge in [0.2, 0.25) is 0 Å². The third kappa shape index (κ3) is 7.68. The molecule has 1 aliphatic carbocycles. The molecular weight excluding hydrogens is 294 g/mol. The first-order chi connectivity index (χ1) is 11.2. The highest BCUT2D eigenvalue weighted by Gasteiger charge is 2.33. The fourth-order valence-electron chi connectivity index (χ4n) is 3.12. The number of aliphatic imine (C=N–C) groups is 1. The summed E-state index contributed by atoms with van der Waals surface area (Å²) in [4.78, 5) is 15.6. The lowest BCUT2D eigenvalue weighted by atomic mass is 9.83. The van der Waals surface area contributed by atoms with Crippen molar-refractivity contribution in [2.24, 2.45) is 10.4 Å². The molecule has 1 rings (SSSR count). The summed E-state index contributed by atoms with van der Waals surface area (Å²) in [6.07, 6.45) is 7.39. The van der Waals surface area contributed by atoms with Gasteiger partial charge in [0.1, 0.15) is 0 Å². The van der Waals surface area contributed by atoms with E-state index in [1.807, 2.05) is 6.92 Å². The normalized spacial score (nSPS) is 17.1. The number of hydrogen-bond acceptors (Lipinski definition) is 4. The molecular formula is C17H33N3O3. The van der Waals surface area contributed by atoms with Crippen LogP contribution in [0.2, 0.25) is 0 Å². The minimum atomic E-state index is -0.137. The van der Waals surface area contributed by atoms with E-state index in [9.17, 15) is 4.79 Å². The van der Waals surface area contributed by atoms with E-state index >= 15 is 0 Å². The monoisotopic (exact) mass is 327 g/mol. The van der Waals surface area contributed by atoms with Gasteiger partial charge in [-0.05, 0) is 38.0 Å². The molecule has 0 aliphatic heterocycles. The van der Waals surface area contributed by atoms with Crippen LogP contribution in [0.15, 0.2) is 4.99 Å². The number of ether oxygens (including phenoxy) is 2. The van der Waals surface area contributed by atoms with Gasteiger partial charge >= 0.3 is 5.97 Å². The van der Waals surface area contributed by atoms with E-state index in [-0.39, 0.29) is 5.97 Å². The Morgan fingerprint density at radius 1 is 1.26 bits per heavy atom. The predicted octanol–water partition coefficient (Wildman–Crippen LogP) is 2.09. The Morgan fingerprint density at radius 2 is 2.00 bits per heavy atom. The molecule has 0 heterocycles. The number of methoxy groups -OCH3 is 1. The Labute approximate surface area is 140 Å². The molecule has 2 N–H and O–H groups in total. The summed E-state index contributed by atoms with van der Waals surface area (Å²) in [7, 11) is 3.54. The van der Waals surface area contributed by atoms with Crippen molar-refractivity contribution in [3.63, 3.8) is 0 Å². The lowest BCUT2D eigenvalue weighted by Crippen LogP contribution is -2.43. The first-order valence-electron chi connectivity index (χ1n) is 8.75. The molecule has 0 aromatic heterocycles. The molecule has 0 aromatic carbocycles. The van der Waals surface area contributed by atoms with Crippen molar-refractivity contribution in [3.05, 3.63) is 0 Å². The van der Waals surface area contributed by atoms with Crippen molar-refractivity contribution in [2.75, 3.05) is 40.5 Å². The van der Waals surface area contributed by atoms with Gasteiger partial charge in [0.05, 0.1) is 6.61 Å². The third-order valence-corrected chi connectivity index (χ3v) is 4.51. The van der Waals surface area contributed by atoms with E-state index in [0.717, 1.165) is 32.0 Å². The minimum Gasteiger partial charge on any atom is -0.466 e. The number of rotatable bonds is 10. The van der Waals surface area contributed by atoms with Crippen LogP contribution < -0.4 is 10.6 Å². The van der Waals surface area contributed by atoms with Crippen molar-refractivity contribution < 1.29 is 14.3 Å². The van der Waals surface area contributed by atoms with Crippen molar-refractivity contribution in [2.45, 2.75) is 51.9 Å². The number of carbonyl (C=O) groups is 1. The topological polar surface area (TPSA) is 72.0 Å². The molecule has 0 amide bonds. The summed E-state index contributed by atoms with van der Waals surface area (Å²) in [5.74, 6) is 0.666. The molecule has 6 heteroatoms. The number of carbonyl (C=O) groups excluding carboxylic acids is 1. The molecule has 0 aromatic rings. The van der Waals surface area contributed by atoms with Gasteiger partial charge in [0, 0.05) is 40.3 Å². The Bertz CT molecular complexity index is 366. The average molecular weight is 327 g/mol. The molecule has 1 aliphatic rings. The maximum Gasteiger partial charge on any atom is 0.305 e. The van der Waals surface area contributed by atoms with E-state index < -0.39 is 0 Å². The average Bonchev–Trinajstić information content (AvgIpc) is 3.02. The maximum atomic E-state index is 11.3. The van der Waals surface area contributed by atoms with Gasteiger partial charge < -0.3 is 20.1 Å². The van der Waals surface area contributed by atoms with Crippen LogP contribution in [-0.2, 0) is 14.3 Å². The van der Waals surface area contributed by atoms with Crippen LogP contribution in [0.4, 0.5) is 0 Å². The van der Waals surface area contributed by atoms with Crippen molar-refractivity contribution in [1.82, 2.24) is 10.6 Å². The number of guanidine groups is 1. The lowest BCUT2D eigenvalue weighted by Gasteiger charge is -2.29. The van der Waals surface area contributed by atoms with Gasteiger partial charge in [0.15, 0.2) is 5.96 Å². The fourth-order valence-corrected chi connectivity index (χ4v) is 3.12. The van der Waals surface area contributed by atoms with Crippen LogP contribution in [-0.4, -0.2) is 52.4 Å². The molecule has 0 spiro atoms. The summed E-state index contributed by atoms with van der Waals surface area (Å²) < 4.78 is 10.2. The molecule has 0 saturated heterocycles. The van der Waals surface area contributed by atoms with E-state index in [4.69, 9.17) is 9.47 Å². The smallest absolute Gasteiger partial charge is 0.305 e. The molecule has 23 heavy (non-hydrogen) atoms. The first kappa shape index (κ1) is 19.7. The highest BCUT2D eigenvalue weighted by Crippen LogP contribution is 2.40. The molecule has 1 saturated carbocycles. The number of hydrogen-bond donors (Lipinski definition) is 2. The molecule has 1 fully saturated rings. The zero-order valence-electron chi connectivity index (χ0n) is 15.0. The van der Waals surface area contributed by atoms with Crippen LogP contribution in [0.1, 0.15) is 51.9 Å². The Hall–Kier alpha value is -1.30. The molecule has 0 bridgehead atoms. The SMILES string of the molecule is CCOC(=O)CCCNC(=NC)NCC1(CCOC)CCCC1. The van der Waals surface area contributed by atoms with E-state index in [1.54, 1.807) is 14.2 Å². The van der Waals surface area contributed by atoms with Gasteiger partial charge in [-0.25, -0.2) is 0 Å². The second kappa shape index (κ2) is 11.3. The van der Waals surface area contributed by atoms with Crippen molar-refractivity contribution in [1.29, 1.82) is 0 Å². The number of nitrogens with zero attached hydrogens (tertiary/aromatic N) is 1. The van der Waals surface area contributed by atoms with Gasteiger partial charge in [-0.1, -0.05) is 12.8 Å². The van der Waals surface area contributed by atoms with Crippen LogP contribution in [0, 0.1) is 5.41 Å². The van der Waals surface area contributed by atoms with Gasteiger partial charge in [-0.2, -0.15) is 0 Å². The molecule has 0 radical (unpaired) electrons. The zero-order chi connectivity index (χ0) is 17.0. The van der Waals surface area contributed by atoms with Gasteiger partial charge in [-0.3, -0.25) is 9.79 Å². The molecule has 6 nitrogen and oxygen atoms in total. The molecule has 0 atom stereocenters. The molecule has 134 valence electrons. The maximum absolute atomic E-state index is 11.3. The number of esters is 1. The molecule has 0 unspecified atom stereocenters. The second-order valence-corrected chi connectivity index (χ2v) is 6.21. The minimum absolute atomic E-state index is 0.137. The Balaban J connectivity index is 2.28. The third-order valence-electron chi connectivity index (χ3n) is 4.51. The van der Waals surface area contributed by atoms with E-state index in [2.05, 4.69) is 15.6 Å². The largest absolute Gasteiger partial charge is 0.466 e. The van der Waals surface area contributed by atoms with Crippen LogP contribution in [0.3, 0.4) is 0 Å². The lowest BCUT2D eigenvalue weighted by molar-refractivity contribution is -0.143. The zero-order valence-corrected chi connectivity index (χ0v) is 15.0. The first-order valence-corrected chi connectivity index (χ1v) is 8.75. The predicted molar refractivity (Wildman–Crippen MR) is 92.6 cm³/mol. The van der Waals surface area contributed by atoms with Crippen LogP contribution in [0.25, 0.3) is 0 Å². The summed E-state index contributed by atoms with van der Waals surface area (Å²) in [5.41, 5.74) is 0.332. The van der Waals surface area contributed by atoms with Crippen LogP contribution >= 0.6 is 0 Å². The summed E-state index contributed by atoms with van der Waals surface area (Å²) in [6, 6.07) is 0. The Kier molecular flexibility index (Phi) is 9.67. The van der Waals surface area contributed by atoms with Crippen molar-refractivity contribution in [3.8, 4) is 0 Å². The van der Waals surface area contributed by atoms with Crippen molar-refractivity contribution >= 4 is 11.9 Å². The standard InChI is InChI=1S/C17H33N3O3/c1-4-23-15(21)8-7-12-19-16(18-2)20-14-17(11-13-22-3)9-5-6-10-17/h4-14H2,1-3H3,(H2,18,19,20). The van der Waals surface area contributed by atoms with Gasteiger partial charge in [0.25, 0.3) is 0 Å². The number of nitrogens with one attached hydrogen (secondary N) is 2. The second-order valence-electron chi connectivity index (χ2n) is 6.21. The highest BCUT2D eigenvalue weighted by atomic mass is 16.5. The Morgan fingerprint density at radius 3 is 2.61 bits per heavy atom. The van der Waals surface area contributed by atoms with Gasteiger partial charge in [-0.15, -0.1) is 0 Å². The fraction of sp³-hybridized carbons (Fsp3) is 0.882. The summed E-state index contributed by atoms with van der Waals surface area (Å²) >= 11 is 0. The van der Waals surface area contributed by atoms with E-state index in [1.165, 1.54) is 25.7 Å². The van der Waals surface area contributed by atoms with Crippen LogP contribution in [0.5, 0.6) is 0 Å². The summed E-state index contributed by atoms with van der Waals surface area (Å²) in [5, 5.41) is 6.71. The van der Waals surface area contributed by atoms with E-state index in [0.29, 0.717) is 25.0 Å². The summed E-state index contributed by atoms with van der Waals surface area (Å²) in [6.45, 7) is 4.72.